The van der Waals surface area contributed by atoms with E-state index in [1.54, 1.807) is 41.3 Å². The Labute approximate surface area is 248 Å². The lowest BCUT2D eigenvalue weighted by molar-refractivity contribution is -0.192. The van der Waals surface area contributed by atoms with Crippen LogP contribution in [0.2, 0.25) is 0 Å². The summed E-state index contributed by atoms with van der Waals surface area (Å²) in [6, 6.07) is 19.0. The molecule has 2 aromatic carbocycles. The van der Waals surface area contributed by atoms with E-state index in [2.05, 4.69) is 37.5 Å². The number of nitrogen functional groups attached to an aromatic ring is 1. The fraction of sp³-hybridized carbons (Fsp3) is 0.276. The minimum atomic E-state index is -5.08. The summed E-state index contributed by atoms with van der Waals surface area (Å²) in [5.41, 5.74) is 9.99. The van der Waals surface area contributed by atoms with Crippen LogP contribution in [-0.2, 0) is 4.79 Å². The maximum absolute atomic E-state index is 13.4. The van der Waals surface area contributed by atoms with Gasteiger partial charge in [-0.2, -0.15) is 18.0 Å². The lowest BCUT2D eigenvalue weighted by Crippen LogP contribution is -2.41. The summed E-state index contributed by atoms with van der Waals surface area (Å²) in [6.07, 6.45) is -1.83. The van der Waals surface area contributed by atoms with Crippen molar-refractivity contribution in [3.63, 3.8) is 0 Å². The number of aromatic nitrogens is 6. The maximum Gasteiger partial charge on any atom is 0.490 e. The summed E-state index contributed by atoms with van der Waals surface area (Å²) in [4.78, 5) is 34.7. The number of anilines is 1. The van der Waals surface area contributed by atoms with Crippen LogP contribution in [0.15, 0.2) is 71.3 Å². The number of carbonyl (C=O) groups is 2. The number of carboxylic acids is 1. The summed E-state index contributed by atoms with van der Waals surface area (Å²) in [5.74, 6) is -1.52. The molecule has 0 saturated carbocycles. The van der Waals surface area contributed by atoms with E-state index in [-0.39, 0.29) is 17.9 Å². The minimum absolute atomic E-state index is 0.0331. The molecule has 1 saturated heterocycles. The third kappa shape index (κ3) is 6.82. The van der Waals surface area contributed by atoms with Crippen LogP contribution in [0.25, 0.3) is 22.6 Å². The number of benzene rings is 2. The highest BCUT2D eigenvalue weighted by atomic mass is 19.4. The van der Waals surface area contributed by atoms with Crippen molar-refractivity contribution in [2.45, 2.75) is 32.0 Å². The molecule has 0 radical (unpaired) electrons. The number of hydrogen-bond acceptors (Lipinski definition) is 9. The first-order valence-electron chi connectivity index (χ1n) is 13.5. The van der Waals surface area contributed by atoms with E-state index in [0.29, 0.717) is 52.8 Å². The number of hydrogen-bond donors (Lipinski definition) is 2. The van der Waals surface area contributed by atoms with Crippen LogP contribution in [0.1, 0.15) is 40.8 Å². The molecule has 12 nitrogen and oxygen atoms in total. The highest BCUT2D eigenvalue weighted by Crippen LogP contribution is 2.34. The number of fused-ring (bicyclic) bond motifs is 1. The van der Waals surface area contributed by atoms with Gasteiger partial charge in [0.2, 0.25) is 5.89 Å². The molecular formula is C29H27F3N8O4. The third-order valence-electron chi connectivity index (χ3n) is 7.07. The molecule has 1 fully saturated rings. The zero-order valence-corrected chi connectivity index (χ0v) is 23.3. The third-order valence-corrected chi connectivity index (χ3v) is 7.07. The smallest absolute Gasteiger partial charge is 0.475 e. The fourth-order valence-electron chi connectivity index (χ4n) is 4.99. The van der Waals surface area contributed by atoms with Crippen molar-refractivity contribution in [2.75, 3.05) is 18.8 Å². The van der Waals surface area contributed by atoms with Gasteiger partial charge in [0.1, 0.15) is 17.3 Å². The lowest BCUT2D eigenvalue weighted by Gasteiger charge is -2.35. The Morgan fingerprint density at radius 2 is 1.77 bits per heavy atom. The van der Waals surface area contributed by atoms with Gasteiger partial charge < -0.3 is 20.2 Å². The number of pyridine rings is 1. The van der Waals surface area contributed by atoms with Crippen molar-refractivity contribution in [1.82, 2.24) is 35.1 Å². The van der Waals surface area contributed by atoms with Crippen molar-refractivity contribution >= 4 is 28.7 Å². The number of nitrogens with two attached hydrogens (primary N) is 1. The van der Waals surface area contributed by atoms with Crippen LogP contribution in [-0.4, -0.2) is 71.3 Å². The maximum atomic E-state index is 13.4. The number of aliphatic carboxylic acids is 1. The second-order valence-corrected chi connectivity index (χ2v) is 10.1. The second-order valence-electron chi connectivity index (χ2n) is 10.1. The molecule has 228 valence electrons. The predicted octanol–water partition coefficient (Wildman–Crippen LogP) is 4.54. The first kappa shape index (κ1) is 30.1. The van der Waals surface area contributed by atoms with Gasteiger partial charge in [-0.3, -0.25) is 9.78 Å². The standard InChI is InChI=1S/C27H26N8O2.C2HF3O2/c1-17-31-33-35(32-17)25(18-5-3-2-4-6-18)19-10-13-34(14-11-19)27(36)23-15-20(9-12-29-23)26-30-22-16-21(28)7-8-24(22)37-26;3-2(4,5)1(6)7/h2-9,12,15-16,19,25H,10-11,13-14,28H2,1H3;(H,6,7). The number of carbonyl (C=O) groups excluding carboxylic acids is 1. The number of rotatable bonds is 5. The van der Waals surface area contributed by atoms with Crippen molar-refractivity contribution < 1.29 is 32.3 Å². The van der Waals surface area contributed by atoms with Crippen LogP contribution in [0.4, 0.5) is 18.9 Å². The highest BCUT2D eigenvalue weighted by Gasteiger charge is 2.38. The lowest BCUT2D eigenvalue weighted by atomic mass is 9.85. The van der Waals surface area contributed by atoms with Crippen molar-refractivity contribution in [2.24, 2.45) is 5.92 Å². The molecule has 5 aromatic rings. The van der Waals surface area contributed by atoms with Gasteiger partial charge in [-0.05, 0) is 66.8 Å². The van der Waals surface area contributed by atoms with Gasteiger partial charge in [-0.1, -0.05) is 30.3 Å². The predicted molar refractivity (Wildman–Crippen MR) is 151 cm³/mol. The Bertz CT molecular complexity index is 1770. The number of amides is 1. The van der Waals surface area contributed by atoms with Crippen LogP contribution < -0.4 is 5.73 Å². The van der Waals surface area contributed by atoms with Gasteiger partial charge in [-0.25, -0.2) is 9.78 Å². The summed E-state index contributed by atoms with van der Waals surface area (Å²) in [5, 5.41) is 20.0. The van der Waals surface area contributed by atoms with E-state index in [1.807, 2.05) is 30.0 Å². The molecule has 44 heavy (non-hydrogen) atoms. The van der Waals surface area contributed by atoms with E-state index >= 15 is 0 Å². The minimum Gasteiger partial charge on any atom is -0.475 e. The van der Waals surface area contributed by atoms with Gasteiger partial charge in [0.05, 0.1) is 0 Å². The van der Waals surface area contributed by atoms with Crippen LogP contribution in [0.3, 0.4) is 0 Å². The van der Waals surface area contributed by atoms with Gasteiger partial charge in [0, 0.05) is 30.5 Å². The van der Waals surface area contributed by atoms with Crippen LogP contribution in [0.5, 0.6) is 0 Å². The van der Waals surface area contributed by atoms with Crippen molar-refractivity contribution in [3.05, 3.63) is 83.9 Å². The average molecular weight is 609 g/mol. The number of oxazole rings is 1. The van der Waals surface area contributed by atoms with Crippen molar-refractivity contribution in [1.29, 1.82) is 0 Å². The average Bonchev–Trinajstić information content (AvgIpc) is 3.63. The largest absolute Gasteiger partial charge is 0.490 e. The molecule has 15 heteroatoms. The van der Waals surface area contributed by atoms with E-state index < -0.39 is 12.1 Å². The van der Waals surface area contributed by atoms with Crippen LogP contribution >= 0.6 is 0 Å². The van der Waals surface area contributed by atoms with E-state index in [9.17, 15) is 18.0 Å². The van der Waals surface area contributed by atoms with E-state index in [0.717, 1.165) is 18.4 Å². The zero-order valence-electron chi connectivity index (χ0n) is 23.3. The number of tetrazole rings is 1. The van der Waals surface area contributed by atoms with Crippen molar-refractivity contribution in [3.8, 4) is 11.5 Å². The number of carboxylic acid groups (broad SMARTS) is 1. The molecule has 1 unspecified atom stereocenters. The van der Waals surface area contributed by atoms with Gasteiger partial charge in [-0.15, -0.1) is 10.2 Å². The molecule has 0 aliphatic carbocycles. The Morgan fingerprint density at radius 3 is 2.41 bits per heavy atom. The molecule has 3 aromatic heterocycles. The normalized spacial score (nSPS) is 14.6. The SMILES string of the molecule is Cc1nnn(C(c2ccccc2)C2CCN(C(=O)c3cc(-c4nc5cc(N)ccc5o4)ccn3)CC2)n1.O=C(O)C(F)(F)F. The molecule has 1 aliphatic heterocycles. The van der Waals surface area contributed by atoms with E-state index in [1.165, 1.54) is 0 Å². The molecule has 1 aliphatic rings. The van der Waals surface area contributed by atoms with Crippen LogP contribution in [0, 0.1) is 12.8 Å². The summed E-state index contributed by atoms with van der Waals surface area (Å²) >= 11 is 0. The summed E-state index contributed by atoms with van der Waals surface area (Å²) < 4.78 is 37.6. The summed E-state index contributed by atoms with van der Waals surface area (Å²) in [6.45, 7) is 3.08. The molecule has 1 amide bonds. The number of alkyl halides is 3. The van der Waals surface area contributed by atoms with Gasteiger partial charge in [0.25, 0.3) is 5.91 Å². The Morgan fingerprint density at radius 1 is 1.07 bits per heavy atom. The number of piperidine rings is 1. The molecule has 0 spiro atoms. The summed E-state index contributed by atoms with van der Waals surface area (Å²) in [7, 11) is 0. The first-order valence-corrected chi connectivity index (χ1v) is 13.5. The molecule has 4 heterocycles. The first-order chi connectivity index (χ1) is 21.0. The van der Waals surface area contributed by atoms with E-state index in [4.69, 9.17) is 20.1 Å². The second kappa shape index (κ2) is 12.5. The van der Waals surface area contributed by atoms with Gasteiger partial charge >= 0.3 is 12.1 Å². The highest BCUT2D eigenvalue weighted by molar-refractivity contribution is 5.93. The number of aryl methyl sites for hydroxylation is 1. The molecule has 1 atom stereocenters. The monoisotopic (exact) mass is 608 g/mol. The molecule has 3 N–H and O–H groups in total. The molecule has 6 rings (SSSR count). The fourth-order valence-corrected chi connectivity index (χ4v) is 4.99. The number of likely N-dealkylation sites (tertiary alicyclic amines) is 1. The Kier molecular flexibility index (Phi) is 8.55. The number of halogens is 3. The van der Waals surface area contributed by atoms with Gasteiger partial charge in [0.15, 0.2) is 11.4 Å². The molecule has 0 bridgehead atoms. The number of nitrogens with zero attached hydrogens (tertiary/aromatic N) is 7. The zero-order chi connectivity index (χ0) is 31.4. The molecular weight excluding hydrogens is 581 g/mol. The quantitative estimate of drug-likeness (QED) is 0.271. The Hall–Kier alpha value is -5.34. The topological polar surface area (TPSA) is 166 Å². The Balaban J connectivity index is 0.000000493.